The zero-order valence-electron chi connectivity index (χ0n) is 15.5. The standard InChI is InChI=1S/C21H28N2O2S/c1-2-3-13-20(24)23-21-22-14-19(26-21)18-12-8-7-9-16(18)15-25-17-10-5-4-6-11-17/h7-9,12,14,17H,2-6,10-11,13,15H2,1H3,(H,22,23,24). The van der Waals surface area contributed by atoms with Crippen LogP contribution in [-0.4, -0.2) is 17.0 Å². The van der Waals surface area contributed by atoms with E-state index in [2.05, 4.69) is 35.4 Å². The molecule has 1 N–H and O–H groups in total. The molecule has 1 amide bonds. The Bertz CT molecular complexity index is 708. The Morgan fingerprint density at radius 2 is 2.08 bits per heavy atom. The SMILES string of the molecule is CCCCC(=O)Nc1ncc(-c2ccccc2COC2CCCCC2)s1. The van der Waals surface area contributed by atoms with Gasteiger partial charge in [-0.1, -0.05) is 68.2 Å². The number of carbonyl (C=O) groups excluding carboxylic acids is 1. The zero-order chi connectivity index (χ0) is 18.2. The highest BCUT2D eigenvalue weighted by Crippen LogP contribution is 2.32. The van der Waals surface area contributed by atoms with Gasteiger partial charge in [0.05, 0.1) is 17.6 Å². The van der Waals surface area contributed by atoms with Crippen molar-refractivity contribution < 1.29 is 9.53 Å². The number of aromatic nitrogens is 1. The lowest BCUT2D eigenvalue weighted by atomic mass is 9.97. The van der Waals surface area contributed by atoms with Crippen molar-refractivity contribution in [1.82, 2.24) is 4.98 Å². The summed E-state index contributed by atoms with van der Waals surface area (Å²) >= 11 is 1.52. The molecule has 26 heavy (non-hydrogen) atoms. The first-order chi connectivity index (χ1) is 12.8. The van der Waals surface area contributed by atoms with Crippen LogP contribution in [0.1, 0.15) is 63.9 Å². The molecule has 0 atom stereocenters. The van der Waals surface area contributed by atoms with Gasteiger partial charge in [-0.2, -0.15) is 0 Å². The Hall–Kier alpha value is -1.72. The van der Waals surface area contributed by atoms with Crippen LogP contribution in [0.5, 0.6) is 0 Å². The molecule has 1 aliphatic carbocycles. The number of hydrogen-bond donors (Lipinski definition) is 1. The Balaban J connectivity index is 1.64. The number of nitrogens with zero attached hydrogens (tertiary/aromatic N) is 1. The summed E-state index contributed by atoms with van der Waals surface area (Å²) < 4.78 is 6.16. The van der Waals surface area contributed by atoms with Crippen LogP contribution in [0, 0.1) is 0 Å². The van der Waals surface area contributed by atoms with E-state index in [9.17, 15) is 4.79 Å². The minimum absolute atomic E-state index is 0.0432. The average Bonchev–Trinajstić information content (AvgIpc) is 3.14. The summed E-state index contributed by atoms with van der Waals surface area (Å²) in [7, 11) is 0. The van der Waals surface area contributed by atoms with Crippen molar-refractivity contribution in [3.05, 3.63) is 36.0 Å². The molecular weight excluding hydrogens is 344 g/mol. The van der Waals surface area contributed by atoms with E-state index in [1.165, 1.54) is 49.0 Å². The summed E-state index contributed by atoms with van der Waals surface area (Å²) in [6.45, 7) is 2.72. The van der Waals surface area contributed by atoms with Crippen molar-refractivity contribution in [2.24, 2.45) is 0 Å². The first-order valence-corrected chi connectivity index (χ1v) is 10.5. The second kappa shape index (κ2) is 9.83. The van der Waals surface area contributed by atoms with E-state index in [0.29, 0.717) is 24.3 Å². The highest BCUT2D eigenvalue weighted by molar-refractivity contribution is 7.19. The first kappa shape index (κ1) is 19.1. The van der Waals surface area contributed by atoms with Gasteiger partial charge in [0.15, 0.2) is 5.13 Å². The maximum absolute atomic E-state index is 11.9. The lowest BCUT2D eigenvalue weighted by Crippen LogP contribution is -2.16. The van der Waals surface area contributed by atoms with Crippen LogP contribution >= 0.6 is 11.3 Å². The fourth-order valence-corrected chi connectivity index (χ4v) is 4.19. The summed E-state index contributed by atoms with van der Waals surface area (Å²) in [5.74, 6) is 0.0432. The van der Waals surface area contributed by atoms with Crippen molar-refractivity contribution >= 4 is 22.4 Å². The molecule has 0 saturated heterocycles. The van der Waals surface area contributed by atoms with E-state index in [0.717, 1.165) is 23.3 Å². The summed E-state index contributed by atoms with van der Waals surface area (Å²) in [4.78, 5) is 17.3. The van der Waals surface area contributed by atoms with E-state index in [1.807, 2.05) is 12.3 Å². The Morgan fingerprint density at radius 1 is 1.27 bits per heavy atom. The van der Waals surface area contributed by atoms with Gasteiger partial charge in [-0.3, -0.25) is 4.79 Å². The highest BCUT2D eigenvalue weighted by Gasteiger charge is 2.15. The molecule has 1 aromatic carbocycles. The van der Waals surface area contributed by atoms with E-state index in [-0.39, 0.29) is 5.91 Å². The van der Waals surface area contributed by atoms with Crippen LogP contribution in [0.25, 0.3) is 10.4 Å². The molecule has 1 heterocycles. The molecule has 1 saturated carbocycles. The third kappa shape index (κ3) is 5.39. The number of rotatable bonds is 8. The number of ether oxygens (including phenoxy) is 1. The van der Waals surface area contributed by atoms with Crippen molar-refractivity contribution in [1.29, 1.82) is 0 Å². The normalized spacial score (nSPS) is 15.1. The van der Waals surface area contributed by atoms with Gasteiger partial charge in [-0.25, -0.2) is 4.98 Å². The van der Waals surface area contributed by atoms with Gasteiger partial charge in [-0.05, 0) is 30.4 Å². The van der Waals surface area contributed by atoms with Crippen molar-refractivity contribution in [2.75, 3.05) is 5.32 Å². The van der Waals surface area contributed by atoms with Crippen LogP contribution < -0.4 is 5.32 Å². The monoisotopic (exact) mass is 372 g/mol. The maximum Gasteiger partial charge on any atom is 0.226 e. The van der Waals surface area contributed by atoms with E-state index >= 15 is 0 Å². The molecule has 1 aliphatic rings. The van der Waals surface area contributed by atoms with Gasteiger partial charge >= 0.3 is 0 Å². The van der Waals surface area contributed by atoms with Gasteiger partial charge in [-0.15, -0.1) is 0 Å². The molecule has 4 nitrogen and oxygen atoms in total. The molecular formula is C21H28N2O2S. The molecule has 0 bridgehead atoms. The number of hydrogen-bond acceptors (Lipinski definition) is 4. The molecule has 0 radical (unpaired) electrons. The molecule has 140 valence electrons. The number of nitrogens with one attached hydrogen (secondary N) is 1. The maximum atomic E-state index is 11.9. The number of benzene rings is 1. The number of thiazole rings is 1. The number of anilines is 1. The smallest absolute Gasteiger partial charge is 0.226 e. The molecule has 0 unspecified atom stereocenters. The summed E-state index contributed by atoms with van der Waals surface area (Å²) in [5, 5.41) is 3.58. The number of unbranched alkanes of at least 4 members (excludes halogenated alkanes) is 1. The van der Waals surface area contributed by atoms with E-state index in [1.54, 1.807) is 0 Å². The Labute approximate surface area is 160 Å². The quantitative estimate of drug-likeness (QED) is 0.638. The van der Waals surface area contributed by atoms with Gasteiger partial charge in [0.25, 0.3) is 0 Å². The number of amides is 1. The first-order valence-electron chi connectivity index (χ1n) is 9.72. The van der Waals surface area contributed by atoms with Crippen molar-refractivity contribution in [2.45, 2.75) is 71.0 Å². The molecule has 1 fully saturated rings. The summed E-state index contributed by atoms with van der Waals surface area (Å²) in [6, 6.07) is 8.32. The fraction of sp³-hybridized carbons (Fsp3) is 0.524. The Morgan fingerprint density at radius 3 is 2.88 bits per heavy atom. The molecule has 5 heteroatoms. The molecule has 1 aromatic heterocycles. The highest BCUT2D eigenvalue weighted by atomic mass is 32.1. The summed E-state index contributed by atoms with van der Waals surface area (Å²) in [6.07, 6.45) is 11.0. The topological polar surface area (TPSA) is 51.2 Å². The molecule has 0 aliphatic heterocycles. The van der Waals surface area contributed by atoms with Gasteiger partial charge < -0.3 is 10.1 Å². The third-order valence-corrected chi connectivity index (χ3v) is 5.77. The van der Waals surface area contributed by atoms with Crippen LogP contribution in [-0.2, 0) is 16.1 Å². The Kier molecular flexibility index (Phi) is 7.21. The van der Waals surface area contributed by atoms with E-state index in [4.69, 9.17) is 4.74 Å². The molecule has 3 rings (SSSR count). The van der Waals surface area contributed by atoms with Crippen LogP contribution in [0.2, 0.25) is 0 Å². The lowest BCUT2D eigenvalue weighted by molar-refractivity contribution is -0.116. The second-order valence-electron chi connectivity index (χ2n) is 6.91. The zero-order valence-corrected chi connectivity index (χ0v) is 16.3. The van der Waals surface area contributed by atoms with Crippen LogP contribution in [0.3, 0.4) is 0 Å². The van der Waals surface area contributed by atoms with Crippen molar-refractivity contribution in [3.8, 4) is 10.4 Å². The van der Waals surface area contributed by atoms with Gasteiger partial charge in [0, 0.05) is 12.6 Å². The van der Waals surface area contributed by atoms with Gasteiger partial charge in [0.1, 0.15) is 0 Å². The average molecular weight is 373 g/mol. The van der Waals surface area contributed by atoms with Crippen LogP contribution in [0.4, 0.5) is 5.13 Å². The van der Waals surface area contributed by atoms with Gasteiger partial charge in [0.2, 0.25) is 5.91 Å². The predicted molar refractivity (Wildman–Crippen MR) is 107 cm³/mol. The predicted octanol–water partition coefficient (Wildman–Crippen LogP) is 5.79. The summed E-state index contributed by atoms with van der Waals surface area (Å²) in [5.41, 5.74) is 2.33. The van der Waals surface area contributed by atoms with E-state index < -0.39 is 0 Å². The third-order valence-electron chi connectivity index (χ3n) is 4.82. The molecule has 0 spiro atoms. The fourth-order valence-electron chi connectivity index (χ4n) is 3.30. The molecule has 2 aromatic rings. The minimum Gasteiger partial charge on any atom is -0.374 e. The lowest BCUT2D eigenvalue weighted by Gasteiger charge is -2.22. The largest absolute Gasteiger partial charge is 0.374 e. The van der Waals surface area contributed by atoms with Crippen LogP contribution in [0.15, 0.2) is 30.5 Å². The van der Waals surface area contributed by atoms with Crippen molar-refractivity contribution in [3.63, 3.8) is 0 Å². The second-order valence-corrected chi connectivity index (χ2v) is 7.94. The number of carbonyl (C=O) groups is 1. The minimum atomic E-state index is 0.0432.